The number of anilines is 1. The molecule has 0 atom stereocenters. The molecule has 0 aliphatic carbocycles. The highest BCUT2D eigenvalue weighted by Gasteiger charge is 2.34. The van der Waals surface area contributed by atoms with Crippen LogP contribution in [0.2, 0.25) is 0 Å². The zero-order valence-corrected chi connectivity index (χ0v) is 19.9. The van der Waals surface area contributed by atoms with Crippen molar-refractivity contribution in [3.63, 3.8) is 0 Å². The van der Waals surface area contributed by atoms with Crippen LogP contribution in [0.1, 0.15) is 40.2 Å². The number of imidazole rings is 1. The van der Waals surface area contributed by atoms with Gasteiger partial charge in [0.05, 0.1) is 17.6 Å². The first-order valence-corrected chi connectivity index (χ1v) is 10.9. The second kappa shape index (κ2) is 7.63. The lowest BCUT2D eigenvalue weighted by Crippen LogP contribution is -2.45. The Morgan fingerprint density at radius 1 is 0.939 bits per heavy atom. The molecule has 6 nitrogen and oxygen atoms in total. The number of carbonyl (C=O) groups is 1. The van der Waals surface area contributed by atoms with E-state index in [0.29, 0.717) is 16.9 Å². The average Bonchev–Trinajstić information content (AvgIpc) is 3.03. The summed E-state index contributed by atoms with van der Waals surface area (Å²) >= 11 is 0. The monoisotopic (exact) mass is 440 g/mol. The molecular formula is C27H28N4O2. The number of nitrogens with zero attached hydrogens (tertiary/aromatic N) is 3. The number of amides is 1. The maximum atomic E-state index is 13.5. The second-order valence-corrected chi connectivity index (χ2v) is 9.93. The van der Waals surface area contributed by atoms with E-state index < -0.39 is 5.54 Å². The van der Waals surface area contributed by atoms with Crippen LogP contribution < -0.4 is 11.0 Å². The quantitative estimate of drug-likeness (QED) is 0.415. The molecule has 0 aliphatic heterocycles. The van der Waals surface area contributed by atoms with Crippen LogP contribution in [0.5, 0.6) is 0 Å². The minimum Gasteiger partial charge on any atom is -0.324 e. The van der Waals surface area contributed by atoms with E-state index in [1.54, 1.807) is 42.2 Å². The summed E-state index contributed by atoms with van der Waals surface area (Å²) in [4.78, 5) is 30.4. The highest BCUT2D eigenvalue weighted by atomic mass is 16.2. The maximum Gasteiger partial charge on any atom is 0.329 e. The van der Waals surface area contributed by atoms with Gasteiger partial charge in [0.15, 0.2) is 5.69 Å². The van der Waals surface area contributed by atoms with Crippen molar-refractivity contribution in [2.24, 2.45) is 7.05 Å². The van der Waals surface area contributed by atoms with Crippen molar-refractivity contribution in [3.8, 4) is 0 Å². The van der Waals surface area contributed by atoms with E-state index in [4.69, 9.17) is 6.57 Å². The number of benzene rings is 3. The lowest BCUT2D eigenvalue weighted by atomic mass is 9.87. The molecule has 4 aromatic rings. The minimum absolute atomic E-state index is 0.0578. The number of fused-ring (bicyclic) bond motifs is 2. The van der Waals surface area contributed by atoms with Crippen LogP contribution in [-0.2, 0) is 22.8 Å². The topological polar surface area (TPSA) is 60.4 Å². The van der Waals surface area contributed by atoms with Gasteiger partial charge in [-0.05, 0) is 53.8 Å². The summed E-state index contributed by atoms with van der Waals surface area (Å²) in [6.45, 7) is 17.3. The molecule has 4 rings (SSSR count). The highest BCUT2D eigenvalue weighted by Crippen LogP contribution is 2.33. The first-order chi connectivity index (χ1) is 15.5. The third-order valence-corrected chi connectivity index (χ3v) is 6.31. The Hall–Kier alpha value is -3.85. The zero-order valence-electron chi connectivity index (χ0n) is 19.9. The molecule has 1 heterocycles. The van der Waals surface area contributed by atoms with E-state index in [1.165, 1.54) is 0 Å². The number of carbonyl (C=O) groups excluding carboxylic acids is 1. The molecule has 6 heteroatoms. The Labute approximate surface area is 193 Å². The summed E-state index contributed by atoms with van der Waals surface area (Å²) in [5.74, 6) is -0.308. The van der Waals surface area contributed by atoms with E-state index in [9.17, 15) is 9.59 Å². The lowest BCUT2D eigenvalue weighted by molar-refractivity contribution is -0.123. The smallest absolute Gasteiger partial charge is 0.324 e. The van der Waals surface area contributed by atoms with Crippen LogP contribution in [0, 0.1) is 6.57 Å². The summed E-state index contributed by atoms with van der Waals surface area (Å²) in [7, 11) is 1.73. The third kappa shape index (κ3) is 3.60. The van der Waals surface area contributed by atoms with Crippen LogP contribution in [0.15, 0.2) is 59.4 Å². The van der Waals surface area contributed by atoms with Crippen molar-refractivity contribution in [1.82, 2.24) is 9.13 Å². The zero-order chi connectivity index (χ0) is 24.1. The minimum atomic E-state index is -1.15. The molecule has 0 fully saturated rings. The molecule has 0 aliphatic rings. The summed E-state index contributed by atoms with van der Waals surface area (Å²) in [5, 5.41) is 4.57. The van der Waals surface area contributed by atoms with Crippen molar-refractivity contribution in [1.29, 1.82) is 0 Å². The fourth-order valence-corrected chi connectivity index (χ4v) is 4.21. The van der Waals surface area contributed by atoms with E-state index in [-0.39, 0.29) is 17.0 Å². The maximum absolute atomic E-state index is 13.5. The van der Waals surface area contributed by atoms with Gasteiger partial charge in [-0.15, -0.1) is 0 Å². The Balaban J connectivity index is 1.80. The largest absolute Gasteiger partial charge is 0.329 e. The second-order valence-electron chi connectivity index (χ2n) is 9.93. The van der Waals surface area contributed by atoms with E-state index in [1.807, 2.05) is 42.5 Å². The number of hydrogen-bond donors (Lipinski definition) is 1. The molecule has 0 unspecified atom stereocenters. The van der Waals surface area contributed by atoms with Gasteiger partial charge in [0.25, 0.3) is 0 Å². The molecule has 1 amide bonds. The first kappa shape index (κ1) is 22.3. The molecule has 1 aromatic heterocycles. The number of aromatic nitrogens is 2. The van der Waals surface area contributed by atoms with Crippen LogP contribution in [0.4, 0.5) is 11.4 Å². The number of rotatable bonds is 3. The molecule has 1 N–H and O–H groups in total. The normalized spacial score (nSPS) is 12.2. The standard InChI is InChI=1S/C27H28N4O2/c1-26(2,3)17-12-15-22-23(16-17)30(7)25(33)31(22)27(4,5)24(32)29-21-14-13-20(28-6)18-10-8-9-11-19(18)21/h8-16H,1-5,7H3,(H,29,32). The molecule has 33 heavy (non-hydrogen) atoms. The molecule has 3 aromatic carbocycles. The number of aryl methyl sites for hydroxylation is 1. The van der Waals surface area contributed by atoms with Crippen molar-refractivity contribution in [2.45, 2.75) is 45.6 Å². The van der Waals surface area contributed by atoms with E-state index >= 15 is 0 Å². The lowest BCUT2D eigenvalue weighted by Gasteiger charge is -2.26. The first-order valence-electron chi connectivity index (χ1n) is 10.9. The van der Waals surface area contributed by atoms with Gasteiger partial charge in [-0.3, -0.25) is 13.9 Å². The molecule has 0 radical (unpaired) electrons. The van der Waals surface area contributed by atoms with Gasteiger partial charge in [-0.25, -0.2) is 9.64 Å². The SMILES string of the molecule is [C-]#[N+]c1ccc(NC(=O)C(C)(C)n2c(=O)n(C)c3cc(C(C)(C)C)ccc32)c2ccccc12. The van der Waals surface area contributed by atoms with Crippen LogP contribution in [-0.4, -0.2) is 15.0 Å². The van der Waals surface area contributed by atoms with Crippen LogP contribution >= 0.6 is 0 Å². The number of nitrogens with one attached hydrogen (secondary N) is 1. The molecule has 0 spiro atoms. The Morgan fingerprint density at radius 3 is 2.24 bits per heavy atom. The summed E-state index contributed by atoms with van der Waals surface area (Å²) in [5.41, 5.74) is 2.31. The number of hydrogen-bond acceptors (Lipinski definition) is 2. The van der Waals surface area contributed by atoms with E-state index in [0.717, 1.165) is 21.9 Å². The molecule has 0 saturated carbocycles. The summed E-state index contributed by atoms with van der Waals surface area (Å²) in [6.07, 6.45) is 0. The molecular weight excluding hydrogens is 412 g/mol. The highest BCUT2D eigenvalue weighted by molar-refractivity contribution is 6.08. The van der Waals surface area contributed by atoms with Gasteiger partial charge in [0.1, 0.15) is 5.54 Å². The molecule has 0 bridgehead atoms. The third-order valence-electron chi connectivity index (χ3n) is 6.31. The average molecular weight is 441 g/mol. The van der Waals surface area contributed by atoms with Crippen LogP contribution in [0.3, 0.4) is 0 Å². The van der Waals surface area contributed by atoms with Crippen molar-refractivity contribution in [2.75, 3.05) is 5.32 Å². The molecule has 168 valence electrons. The van der Waals surface area contributed by atoms with Gasteiger partial charge in [-0.2, -0.15) is 0 Å². The van der Waals surface area contributed by atoms with Gasteiger partial charge in [0.2, 0.25) is 5.91 Å². The Kier molecular flexibility index (Phi) is 5.17. The predicted octanol–water partition coefficient (Wildman–Crippen LogP) is 5.72. The summed E-state index contributed by atoms with van der Waals surface area (Å²) in [6, 6.07) is 16.9. The van der Waals surface area contributed by atoms with Gasteiger partial charge in [0, 0.05) is 12.7 Å². The Morgan fingerprint density at radius 2 is 1.61 bits per heavy atom. The fourth-order valence-electron chi connectivity index (χ4n) is 4.21. The van der Waals surface area contributed by atoms with Gasteiger partial charge >= 0.3 is 5.69 Å². The van der Waals surface area contributed by atoms with Crippen molar-refractivity contribution in [3.05, 3.63) is 82.1 Å². The molecule has 0 saturated heterocycles. The fraction of sp³-hybridized carbons (Fsp3) is 0.296. The Bertz CT molecular complexity index is 1510. The van der Waals surface area contributed by atoms with Gasteiger partial charge in [-0.1, -0.05) is 57.2 Å². The summed E-state index contributed by atoms with van der Waals surface area (Å²) < 4.78 is 3.15. The van der Waals surface area contributed by atoms with E-state index in [2.05, 4.69) is 30.9 Å². The van der Waals surface area contributed by atoms with Crippen molar-refractivity contribution >= 4 is 39.1 Å². The van der Waals surface area contributed by atoms with Crippen LogP contribution in [0.25, 0.3) is 26.7 Å². The van der Waals surface area contributed by atoms with Crippen molar-refractivity contribution < 1.29 is 4.79 Å². The van der Waals surface area contributed by atoms with Gasteiger partial charge < -0.3 is 5.32 Å². The predicted molar refractivity (Wildman–Crippen MR) is 134 cm³/mol.